The molecule has 8 heteroatoms. The third-order valence-electron chi connectivity index (χ3n) is 2.64. The van der Waals surface area contributed by atoms with Gasteiger partial charge in [0, 0.05) is 6.54 Å². The summed E-state index contributed by atoms with van der Waals surface area (Å²) in [5, 5.41) is 6.47. The monoisotopic (exact) mass is 294 g/mol. The van der Waals surface area contributed by atoms with Gasteiger partial charge in [-0.15, -0.1) is 0 Å². The number of hydrogen-bond acceptors (Lipinski definition) is 4. The Morgan fingerprint density at radius 3 is 2.65 bits per heavy atom. The first-order valence-electron chi connectivity index (χ1n) is 5.87. The van der Waals surface area contributed by atoms with E-state index in [2.05, 4.69) is 16.1 Å². The highest BCUT2D eigenvalue weighted by atomic mass is 32.1. The Hall–Kier alpha value is -2.35. The Morgan fingerprint density at radius 2 is 2.10 bits per heavy atom. The molecule has 2 rings (SSSR count). The highest BCUT2D eigenvalue weighted by Gasteiger charge is 2.27. The van der Waals surface area contributed by atoms with E-state index in [9.17, 15) is 9.59 Å². The van der Waals surface area contributed by atoms with Crippen molar-refractivity contribution in [3.8, 4) is 5.75 Å². The first-order valence-corrected chi connectivity index (χ1v) is 6.28. The fourth-order valence-corrected chi connectivity index (χ4v) is 1.80. The molecular formula is C12H14N4O3S. The third-order valence-corrected chi connectivity index (χ3v) is 2.88. The highest BCUT2D eigenvalue weighted by molar-refractivity contribution is 7.80. The molecule has 1 saturated heterocycles. The van der Waals surface area contributed by atoms with Crippen molar-refractivity contribution in [2.24, 2.45) is 0 Å². The van der Waals surface area contributed by atoms with E-state index in [0.29, 0.717) is 6.54 Å². The van der Waals surface area contributed by atoms with Crippen molar-refractivity contribution >= 4 is 29.3 Å². The number of amides is 3. The number of thiocarbonyl (C=S) groups is 1. The molecule has 0 bridgehead atoms. The van der Waals surface area contributed by atoms with Gasteiger partial charge in [-0.2, -0.15) is 0 Å². The lowest BCUT2D eigenvalue weighted by molar-refractivity contribution is -0.118. The minimum atomic E-state index is -0.511. The zero-order chi connectivity index (χ0) is 14.5. The second-order valence-electron chi connectivity index (χ2n) is 4.08. The van der Waals surface area contributed by atoms with Crippen LogP contribution in [0.4, 0.5) is 4.79 Å². The average Bonchev–Trinajstić information content (AvgIpc) is 2.75. The lowest BCUT2D eigenvalue weighted by atomic mass is 10.2. The third kappa shape index (κ3) is 3.58. The zero-order valence-corrected chi connectivity index (χ0v) is 11.6. The second-order valence-corrected chi connectivity index (χ2v) is 4.49. The molecule has 0 atom stereocenters. The normalized spacial score (nSPS) is 13.9. The van der Waals surface area contributed by atoms with Crippen molar-refractivity contribution < 1.29 is 14.3 Å². The lowest BCUT2D eigenvalue weighted by Gasteiger charge is -2.17. The topological polar surface area (TPSA) is 82.7 Å². The molecular weight excluding hydrogens is 280 g/mol. The summed E-state index contributed by atoms with van der Waals surface area (Å²) in [5.41, 5.74) is 3.66. The Labute approximate surface area is 121 Å². The SMILES string of the molecule is COc1ccc(CNC(=S)NN2CC(=O)NC2=O)cc1. The van der Waals surface area contributed by atoms with E-state index in [-0.39, 0.29) is 17.6 Å². The van der Waals surface area contributed by atoms with Crippen LogP contribution in [0.2, 0.25) is 0 Å². The van der Waals surface area contributed by atoms with Crippen molar-refractivity contribution in [1.82, 2.24) is 21.1 Å². The largest absolute Gasteiger partial charge is 0.497 e. The van der Waals surface area contributed by atoms with Crippen LogP contribution in [0.1, 0.15) is 5.56 Å². The van der Waals surface area contributed by atoms with Crippen LogP contribution in [0.15, 0.2) is 24.3 Å². The van der Waals surface area contributed by atoms with E-state index in [4.69, 9.17) is 17.0 Å². The minimum Gasteiger partial charge on any atom is -0.497 e. The molecule has 0 saturated carbocycles. The minimum absolute atomic E-state index is 0.0524. The predicted octanol–water partition coefficient (Wildman–Crippen LogP) is 0.126. The maximum Gasteiger partial charge on any atom is 0.343 e. The van der Waals surface area contributed by atoms with Crippen LogP contribution < -0.4 is 20.8 Å². The number of benzene rings is 1. The summed E-state index contributed by atoms with van der Waals surface area (Å²) in [5.74, 6) is 0.419. The molecule has 0 aliphatic carbocycles. The molecule has 20 heavy (non-hydrogen) atoms. The van der Waals surface area contributed by atoms with Gasteiger partial charge < -0.3 is 10.1 Å². The number of carbonyl (C=O) groups is 2. The molecule has 1 aromatic rings. The molecule has 0 radical (unpaired) electrons. The number of ether oxygens (including phenoxy) is 1. The smallest absolute Gasteiger partial charge is 0.343 e. The molecule has 0 aromatic heterocycles. The van der Waals surface area contributed by atoms with Crippen molar-refractivity contribution in [3.05, 3.63) is 29.8 Å². The van der Waals surface area contributed by atoms with Gasteiger partial charge in [-0.3, -0.25) is 15.5 Å². The van der Waals surface area contributed by atoms with E-state index in [1.165, 1.54) is 0 Å². The Balaban J connectivity index is 1.80. The van der Waals surface area contributed by atoms with Crippen LogP contribution in [-0.2, 0) is 11.3 Å². The molecule has 1 aromatic carbocycles. The van der Waals surface area contributed by atoms with Gasteiger partial charge in [0.15, 0.2) is 5.11 Å². The fourth-order valence-electron chi connectivity index (χ4n) is 1.62. The summed E-state index contributed by atoms with van der Waals surface area (Å²) >= 11 is 5.05. The summed E-state index contributed by atoms with van der Waals surface area (Å²) in [4.78, 5) is 22.3. The molecule has 1 fully saturated rings. The summed E-state index contributed by atoms with van der Waals surface area (Å²) in [7, 11) is 1.61. The van der Waals surface area contributed by atoms with Gasteiger partial charge >= 0.3 is 6.03 Å². The van der Waals surface area contributed by atoms with E-state index in [1.54, 1.807) is 7.11 Å². The molecule has 1 aliphatic rings. The van der Waals surface area contributed by atoms with Gasteiger partial charge in [0.1, 0.15) is 12.3 Å². The van der Waals surface area contributed by atoms with Gasteiger partial charge in [-0.05, 0) is 29.9 Å². The number of hydrogen-bond donors (Lipinski definition) is 3. The molecule has 1 heterocycles. The van der Waals surface area contributed by atoms with Crippen molar-refractivity contribution in [3.63, 3.8) is 0 Å². The number of methoxy groups -OCH3 is 1. The van der Waals surface area contributed by atoms with E-state index < -0.39 is 6.03 Å². The predicted molar refractivity (Wildman–Crippen MR) is 75.8 cm³/mol. The summed E-state index contributed by atoms with van der Waals surface area (Å²) in [6.07, 6.45) is 0. The van der Waals surface area contributed by atoms with E-state index >= 15 is 0 Å². The highest BCUT2D eigenvalue weighted by Crippen LogP contribution is 2.10. The number of imide groups is 1. The molecule has 106 valence electrons. The number of nitrogens with one attached hydrogen (secondary N) is 3. The number of carbonyl (C=O) groups excluding carboxylic acids is 2. The summed E-state index contributed by atoms with van der Waals surface area (Å²) in [6.45, 7) is 0.447. The van der Waals surface area contributed by atoms with E-state index in [1.807, 2.05) is 24.3 Å². The molecule has 3 amide bonds. The molecule has 7 nitrogen and oxygen atoms in total. The van der Waals surface area contributed by atoms with Crippen LogP contribution >= 0.6 is 12.2 Å². The van der Waals surface area contributed by atoms with Gasteiger partial charge in [-0.25, -0.2) is 9.80 Å². The van der Waals surface area contributed by atoms with E-state index in [0.717, 1.165) is 16.3 Å². The number of urea groups is 1. The first-order chi connectivity index (χ1) is 9.58. The number of hydrazine groups is 1. The van der Waals surface area contributed by atoms with Gasteiger partial charge in [-0.1, -0.05) is 12.1 Å². The molecule has 0 spiro atoms. The molecule has 0 unspecified atom stereocenters. The number of nitrogens with zero attached hydrogens (tertiary/aromatic N) is 1. The van der Waals surface area contributed by atoms with Crippen LogP contribution in [0.5, 0.6) is 5.75 Å². The first kappa shape index (κ1) is 14.1. The van der Waals surface area contributed by atoms with Crippen LogP contribution in [-0.4, -0.2) is 35.7 Å². The zero-order valence-electron chi connectivity index (χ0n) is 10.8. The Morgan fingerprint density at radius 1 is 1.40 bits per heavy atom. The van der Waals surface area contributed by atoms with Crippen molar-refractivity contribution in [1.29, 1.82) is 0 Å². The maximum atomic E-state index is 11.3. The van der Waals surface area contributed by atoms with Gasteiger partial charge in [0.05, 0.1) is 7.11 Å². The van der Waals surface area contributed by atoms with Crippen LogP contribution in [0, 0.1) is 0 Å². The standard InChI is InChI=1S/C12H14N4O3S/c1-19-9-4-2-8(3-5-9)6-13-11(20)15-16-7-10(17)14-12(16)18/h2-5H,6-7H2,1H3,(H2,13,15,20)(H,14,17,18). The lowest BCUT2D eigenvalue weighted by Crippen LogP contribution is -2.48. The Kier molecular flexibility index (Phi) is 4.36. The molecule has 3 N–H and O–H groups in total. The van der Waals surface area contributed by atoms with Crippen molar-refractivity contribution in [2.45, 2.75) is 6.54 Å². The number of rotatable bonds is 4. The molecule has 1 aliphatic heterocycles. The van der Waals surface area contributed by atoms with Gasteiger partial charge in [0.2, 0.25) is 5.91 Å². The fraction of sp³-hybridized carbons (Fsp3) is 0.250. The van der Waals surface area contributed by atoms with Crippen LogP contribution in [0.25, 0.3) is 0 Å². The average molecular weight is 294 g/mol. The van der Waals surface area contributed by atoms with Crippen LogP contribution in [0.3, 0.4) is 0 Å². The second kappa shape index (κ2) is 6.20. The Bertz CT molecular complexity index is 532. The maximum absolute atomic E-state index is 11.3. The summed E-state index contributed by atoms with van der Waals surface area (Å²) in [6, 6.07) is 6.99. The van der Waals surface area contributed by atoms with Gasteiger partial charge in [0.25, 0.3) is 0 Å². The summed E-state index contributed by atoms with van der Waals surface area (Å²) < 4.78 is 5.06. The van der Waals surface area contributed by atoms with Crippen molar-refractivity contribution in [2.75, 3.05) is 13.7 Å². The quantitative estimate of drug-likeness (QED) is 0.541.